The number of carbonyl (C=O) groups is 1. The average molecular weight is 204 g/mol. The number of amidine groups is 1. The summed E-state index contributed by atoms with van der Waals surface area (Å²) in [6.07, 6.45) is 0.915. The third-order valence-corrected chi connectivity index (χ3v) is 2.30. The number of amides is 1. The predicted molar refractivity (Wildman–Crippen MR) is 56.3 cm³/mol. The van der Waals surface area contributed by atoms with Gasteiger partial charge in [0, 0.05) is 0 Å². The summed E-state index contributed by atoms with van der Waals surface area (Å²) in [5, 5.41) is 0. The average Bonchev–Trinajstić information content (AvgIpc) is 2.56. The number of carbonyl (C=O) groups excluding carboxylic acids is 1. The van der Waals surface area contributed by atoms with Gasteiger partial charge in [-0.25, -0.2) is 0 Å². The van der Waals surface area contributed by atoms with Crippen molar-refractivity contribution in [3.8, 4) is 0 Å². The highest BCUT2D eigenvalue weighted by Crippen LogP contribution is 2.12. The summed E-state index contributed by atoms with van der Waals surface area (Å²) >= 11 is 0. The number of rotatable bonds is 3. The van der Waals surface area contributed by atoms with Gasteiger partial charge in [-0.15, -0.1) is 0 Å². The van der Waals surface area contributed by atoms with Crippen LogP contribution in [0.25, 0.3) is 0 Å². The largest absolute Gasteiger partial charge is 0.452 e. The van der Waals surface area contributed by atoms with E-state index in [1.165, 1.54) is 5.56 Å². The minimum absolute atomic E-state index is 0.0157. The van der Waals surface area contributed by atoms with Crippen molar-refractivity contribution in [3.05, 3.63) is 35.9 Å². The monoisotopic (exact) mass is 204 g/mol. The van der Waals surface area contributed by atoms with Gasteiger partial charge in [0.2, 0.25) is 0 Å². The molecule has 1 heterocycles. The first-order chi connectivity index (χ1) is 7.25. The maximum absolute atomic E-state index is 11.2. The van der Waals surface area contributed by atoms with Gasteiger partial charge in [0.15, 0.2) is 6.10 Å². The van der Waals surface area contributed by atoms with Gasteiger partial charge in [-0.05, 0) is 18.4 Å². The van der Waals surface area contributed by atoms with Gasteiger partial charge in [-0.3, -0.25) is 4.79 Å². The van der Waals surface area contributed by atoms with Gasteiger partial charge >= 0.3 is 0 Å². The van der Waals surface area contributed by atoms with E-state index in [-0.39, 0.29) is 11.9 Å². The lowest BCUT2D eigenvalue weighted by molar-refractivity contribution is -0.122. The van der Waals surface area contributed by atoms with Gasteiger partial charge in [-0.2, -0.15) is 4.99 Å². The van der Waals surface area contributed by atoms with Crippen LogP contribution < -0.4 is 5.73 Å². The second-order valence-electron chi connectivity index (χ2n) is 3.42. The van der Waals surface area contributed by atoms with Crippen molar-refractivity contribution >= 4 is 11.9 Å². The molecule has 2 rings (SSSR count). The van der Waals surface area contributed by atoms with E-state index in [2.05, 4.69) is 4.99 Å². The van der Waals surface area contributed by atoms with E-state index in [9.17, 15) is 4.79 Å². The van der Waals surface area contributed by atoms with Gasteiger partial charge in [-0.1, -0.05) is 30.3 Å². The van der Waals surface area contributed by atoms with E-state index >= 15 is 0 Å². The van der Waals surface area contributed by atoms with E-state index in [4.69, 9.17) is 10.5 Å². The van der Waals surface area contributed by atoms with Crippen LogP contribution in [0.2, 0.25) is 0 Å². The molecule has 1 amide bonds. The molecule has 1 atom stereocenters. The molecule has 0 radical (unpaired) electrons. The summed E-state index contributed by atoms with van der Waals surface area (Å²) in [7, 11) is 0. The van der Waals surface area contributed by atoms with Crippen molar-refractivity contribution in [3.63, 3.8) is 0 Å². The molecule has 1 aliphatic heterocycles. The SMILES string of the molecule is NC1=NC(=O)C(CCc2ccccc2)O1. The number of benzene rings is 1. The normalized spacial score (nSPS) is 19.9. The zero-order chi connectivity index (χ0) is 10.7. The zero-order valence-electron chi connectivity index (χ0n) is 8.22. The second kappa shape index (κ2) is 4.13. The van der Waals surface area contributed by atoms with Gasteiger partial charge in [0.05, 0.1) is 0 Å². The topological polar surface area (TPSA) is 64.7 Å². The maximum atomic E-state index is 11.2. The van der Waals surface area contributed by atoms with Gasteiger partial charge in [0.1, 0.15) is 0 Å². The molecule has 1 unspecified atom stereocenters. The minimum atomic E-state index is -0.495. The highest BCUT2D eigenvalue weighted by atomic mass is 16.5. The fourth-order valence-electron chi connectivity index (χ4n) is 1.53. The van der Waals surface area contributed by atoms with E-state index in [1.54, 1.807) is 0 Å². The van der Waals surface area contributed by atoms with Crippen LogP contribution in [0.3, 0.4) is 0 Å². The molecule has 0 saturated heterocycles. The number of ether oxygens (including phenoxy) is 1. The van der Waals surface area contributed by atoms with Crippen molar-refractivity contribution in [2.45, 2.75) is 18.9 Å². The highest BCUT2D eigenvalue weighted by molar-refractivity contribution is 5.97. The molecule has 0 fully saturated rings. The van der Waals surface area contributed by atoms with E-state index in [0.717, 1.165) is 6.42 Å². The zero-order valence-corrected chi connectivity index (χ0v) is 8.22. The Bertz CT molecular complexity index is 387. The molecule has 0 bridgehead atoms. The summed E-state index contributed by atoms with van der Waals surface area (Å²) < 4.78 is 5.07. The quantitative estimate of drug-likeness (QED) is 0.794. The number of hydrogen-bond acceptors (Lipinski definition) is 3. The van der Waals surface area contributed by atoms with Crippen LogP contribution in [-0.2, 0) is 16.0 Å². The van der Waals surface area contributed by atoms with Crippen LogP contribution in [-0.4, -0.2) is 18.0 Å². The van der Waals surface area contributed by atoms with Gasteiger partial charge in [0.25, 0.3) is 11.9 Å². The third kappa shape index (κ3) is 2.34. The number of nitrogens with zero attached hydrogens (tertiary/aromatic N) is 1. The van der Waals surface area contributed by atoms with E-state index in [0.29, 0.717) is 6.42 Å². The Morgan fingerprint density at radius 3 is 2.67 bits per heavy atom. The lowest BCUT2D eigenvalue weighted by Gasteiger charge is -2.07. The Labute approximate surface area is 87.8 Å². The van der Waals surface area contributed by atoms with Crippen LogP contribution in [0.4, 0.5) is 0 Å². The van der Waals surface area contributed by atoms with E-state index < -0.39 is 6.10 Å². The molecule has 1 aromatic rings. The molecule has 4 heteroatoms. The lowest BCUT2D eigenvalue weighted by atomic mass is 10.1. The molecular weight excluding hydrogens is 192 g/mol. The predicted octanol–water partition coefficient (Wildman–Crippen LogP) is 0.859. The van der Waals surface area contributed by atoms with Crippen molar-refractivity contribution in [2.24, 2.45) is 10.7 Å². The molecule has 78 valence electrons. The first-order valence-corrected chi connectivity index (χ1v) is 4.84. The third-order valence-electron chi connectivity index (χ3n) is 2.30. The Morgan fingerprint density at radius 2 is 2.07 bits per heavy atom. The second-order valence-corrected chi connectivity index (χ2v) is 3.42. The molecule has 1 aromatic carbocycles. The van der Waals surface area contributed by atoms with Crippen LogP contribution >= 0.6 is 0 Å². The van der Waals surface area contributed by atoms with Crippen LogP contribution in [0.5, 0.6) is 0 Å². The fourth-order valence-corrected chi connectivity index (χ4v) is 1.53. The summed E-state index contributed by atoms with van der Waals surface area (Å²) in [4.78, 5) is 14.7. The Balaban J connectivity index is 1.88. The number of nitrogens with two attached hydrogens (primary N) is 1. The Morgan fingerprint density at radius 1 is 1.33 bits per heavy atom. The first kappa shape index (κ1) is 9.71. The molecule has 15 heavy (non-hydrogen) atoms. The van der Waals surface area contributed by atoms with Crippen LogP contribution in [0, 0.1) is 0 Å². The standard InChI is InChI=1S/C11H12N2O2/c12-11-13-10(14)9(15-11)7-6-8-4-2-1-3-5-8/h1-5,9H,6-7H2,(H2,12,13,14). The van der Waals surface area contributed by atoms with Gasteiger partial charge < -0.3 is 10.5 Å². The molecule has 0 saturated carbocycles. The summed E-state index contributed by atoms with van der Waals surface area (Å²) in [5.74, 6) is -0.275. The van der Waals surface area contributed by atoms with Crippen molar-refractivity contribution < 1.29 is 9.53 Å². The highest BCUT2D eigenvalue weighted by Gasteiger charge is 2.26. The number of aryl methyl sites for hydroxylation is 1. The minimum Gasteiger partial charge on any atom is -0.452 e. The molecule has 0 spiro atoms. The lowest BCUT2D eigenvalue weighted by Crippen LogP contribution is -2.21. The molecule has 0 aliphatic carbocycles. The smallest absolute Gasteiger partial charge is 0.291 e. The van der Waals surface area contributed by atoms with Crippen molar-refractivity contribution in [2.75, 3.05) is 0 Å². The Hall–Kier alpha value is -1.84. The summed E-state index contributed by atoms with van der Waals surface area (Å²) in [5.41, 5.74) is 6.47. The number of aliphatic imine (C=N–C) groups is 1. The fraction of sp³-hybridized carbons (Fsp3) is 0.273. The molecule has 1 aliphatic rings. The van der Waals surface area contributed by atoms with Crippen LogP contribution in [0.1, 0.15) is 12.0 Å². The maximum Gasteiger partial charge on any atom is 0.291 e. The Kier molecular flexibility index (Phi) is 2.67. The number of hydrogen-bond donors (Lipinski definition) is 1. The molecular formula is C11H12N2O2. The van der Waals surface area contributed by atoms with E-state index in [1.807, 2.05) is 30.3 Å². The van der Waals surface area contributed by atoms with Crippen LogP contribution in [0.15, 0.2) is 35.3 Å². The molecule has 0 aromatic heterocycles. The van der Waals surface area contributed by atoms with Crippen molar-refractivity contribution in [1.29, 1.82) is 0 Å². The molecule has 4 nitrogen and oxygen atoms in total. The van der Waals surface area contributed by atoms with Crippen molar-refractivity contribution in [1.82, 2.24) is 0 Å². The molecule has 2 N–H and O–H groups in total. The first-order valence-electron chi connectivity index (χ1n) is 4.84. The summed E-state index contributed by atoms with van der Waals surface area (Å²) in [6.45, 7) is 0. The summed E-state index contributed by atoms with van der Waals surface area (Å²) in [6, 6.07) is 9.92.